The zero-order valence-corrected chi connectivity index (χ0v) is 36.1. The predicted molar refractivity (Wildman–Crippen MR) is 228 cm³/mol. The van der Waals surface area contributed by atoms with Gasteiger partial charge >= 0.3 is 0 Å². The van der Waals surface area contributed by atoms with Crippen LogP contribution in [0.15, 0.2) is 4.99 Å². The number of hydrogen-bond donors (Lipinski definition) is 10. The Morgan fingerprint density at radius 3 is 1.90 bits per heavy atom. The predicted octanol–water partition coefficient (Wildman–Crippen LogP) is -1.24. The van der Waals surface area contributed by atoms with Crippen molar-refractivity contribution in [3.05, 3.63) is 0 Å². The van der Waals surface area contributed by atoms with E-state index in [0.717, 1.165) is 38.5 Å². The van der Waals surface area contributed by atoms with Gasteiger partial charge in [0.1, 0.15) is 36.3 Å². The number of aliphatic imine (C=N–C) groups is 1. The van der Waals surface area contributed by atoms with Crippen LogP contribution in [0.25, 0.3) is 0 Å². The molecule has 2 aliphatic carbocycles. The molecular weight excluding hydrogens is 789 g/mol. The lowest BCUT2D eigenvalue weighted by molar-refractivity contribution is -0.142. The molecule has 0 radical (unpaired) electrons. The number of hydrogen-bond acceptors (Lipinski definition) is 10. The first-order valence-corrected chi connectivity index (χ1v) is 22.1. The van der Waals surface area contributed by atoms with Crippen molar-refractivity contribution in [1.29, 1.82) is 0 Å². The van der Waals surface area contributed by atoms with Gasteiger partial charge in [0, 0.05) is 26.1 Å². The Morgan fingerprint density at radius 2 is 1.31 bits per heavy atom. The van der Waals surface area contributed by atoms with E-state index in [9.17, 15) is 38.4 Å². The molecule has 0 unspecified atom stereocenters. The molecule has 20 heteroatoms. The van der Waals surface area contributed by atoms with Gasteiger partial charge in [0.2, 0.25) is 47.3 Å². The smallest absolute Gasteiger partial charge is 0.247 e. The molecule has 2 saturated carbocycles. The lowest BCUT2D eigenvalue weighted by Crippen LogP contribution is -2.62. The highest BCUT2D eigenvalue weighted by atomic mass is 16.2. The fraction of sp³-hybridized carbons (Fsp3) is 0.780. The SMILES string of the molecule is CC(C)C[C@H](NC(=O)CCC1CCCCC1)C(=O)N[C@H](C(=O)N[C@@H](CN)C(=O)N1CCC[C@H]1C(=O)N[C@@H](CCCN=C(N)N)C(=O)N[C@@H](CC(N)=O)C(N)=O)C1CCCCC1. The van der Waals surface area contributed by atoms with Crippen LogP contribution in [0.3, 0.4) is 0 Å². The van der Waals surface area contributed by atoms with Gasteiger partial charge in [-0.15, -0.1) is 0 Å². The monoisotopic (exact) mass is 861 g/mol. The molecule has 6 atom stereocenters. The second-order valence-electron chi connectivity index (χ2n) is 17.3. The highest BCUT2D eigenvalue weighted by molar-refractivity contribution is 5.98. The van der Waals surface area contributed by atoms with Crippen molar-refractivity contribution in [1.82, 2.24) is 31.5 Å². The molecule has 15 N–H and O–H groups in total. The molecule has 0 aromatic rings. The molecule has 1 heterocycles. The zero-order chi connectivity index (χ0) is 45.1. The Morgan fingerprint density at radius 1 is 0.689 bits per heavy atom. The number of carbonyl (C=O) groups excluding carboxylic acids is 8. The van der Waals surface area contributed by atoms with Crippen LogP contribution in [0, 0.1) is 17.8 Å². The largest absolute Gasteiger partial charge is 0.370 e. The van der Waals surface area contributed by atoms with Crippen LogP contribution >= 0.6 is 0 Å². The molecule has 3 aliphatic rings. The fourth-order valence-corrected chi connectivity index (χ4v) is 8.62. The van der Waals surface area contributed by atoms with Gasteiger partial charge in [-0.05, 0) is 69.1 Å². The minimum Gasteiger partial charge on any atom is -0.370 e. The summed E-state index contributed by atoms with van der Waals surface area (Å²) in [6, 6.07) is -6.83. The standard InChI is InChI=1S/C41H72N12O8/c1-24(2)21-29(48-33(55)18-17-25-11-5-3-6-12-25)37(58)52-34(26-13-7-4-8-14-26)39(60)51-30(23-42)40(61)53-20-10-16-31(53)38(59)49-27(15-9-19-47-41(45)46)36(57)50-28(35(44)56)22-32(43)54/h24-31,34H,3-23,42H2,1-2H3,(H2,43,54)(H2,44,56)(H,48,55)(H,49,59)(H,50,57)(H,51,60)(H,52,58)(H4,45,46,47)/t27-,28-,29-,30-,31-,34-/m0/s1. The Bertz CT molecular complexity index is 1540. The molecule has 1 saturated heterocycles. The molecule has 61 heavy (non-hydrogen) atoms. The first kappa shape index (κ1) is 50.3. The summed E-state index contributed by atoms with van der Waals surface area (Å²) in [4.78, 5) is 111. The summed E-state index contributed by atoms with van der Waals surface area (Å²) in [5, 5.41) is 13.7. The van der Waals surface area contributed by atoms with E-state index in [0.29, 0.717) is 38.0 Å². The van der Waals surface area contributed by atoms with Gasteiger partial charge in [0.25, 0.3) is 0 Å². The van der Waals surface area contributed by atoms with Crippen molar-refractivity contribution in [2.75, 3.05) is 19.6 Å². The number of carbonyl (C=O) groups is 8. The maximum absolute atomic E-state index is 14.2. The number of rotatable bonds is 24. The Labute approximate surface area is 359 Å². The maximum atomic E-state index is 14.2. The molecule has 0 aromatic heterocycles. The molecule has 20 nitrogen and oxygen atoms in total. The van der Waals surface area contributed by atoms with Gasteiger partial charge in [-0.1, -0.05) is 65.2 Å². The fourth-order valence-electron chi connectivity index (χ4n) is 8.62. The first-order valence-electron chi connectivity index (χ1n) is 22.1. The van der Waals surface area contributed by atoms with Crippen molar-refractivity contribution in [2.45, 2.75) is 166 Å². The number of nitrogens with zero attached hydrogens (tertiary/aromatic N) is 2. The summed E-state index contributed by atoms with van der Waals surface area (Å²) >= 11 is 0. The van der Waals surface area contributed by atoms with Crippen LogP contribution in [-0.2, 0) is 38.4 Å². The highest BCUT2D eigenvalue weighted by Gasteiger charge is 2.41. The molecule has 0 spiro atoms. The normalized spacial score (nSPS) is 19.7. The summed E-state index contributed by atoms with van der Waals surface area (Å²) in [6.45, 7) is 3.88. The number of primary amides is 2. The van der Waals surface area contributed by atoms with Gasteiger partial charge < -0.3 is 60.2 Å². The van der Waals surface area contributed by atoms with E-state index in [4.69, 9.17) is 28.7 Å². The molecule has 1 aliphatic heterocycles. The van der Waals surface area contributed by atoms with E-state index in [1.807, 2.05) is 13.8 Å². The van der Waals surface area contributed by atoms with Gasteiger partial charge in [-0.3, -0.25) is 43.3 Å². The summed E-state index contributed by atoms with van der Waals surface area (Å²) in [5.74, 6) is -5.06. The lowest BCUT2D eigenvalue weighted by atomic mass is 9.83. The molecular formula is C41H72N12O8. The summed E-state index contributed by atoms with van der Waals surface area (Å²) in [6.07, 6.45) is 11.7. The Kier molecular flexibility index (Phi) is 21.2. The molecule has 0 aromatic carbocycles. The third kappa shape index (κ3) is 17.1. The summed E-state index contributed by atoms with van der Waals surface area (Å²) in [5.41, 5.74) is 27.5. The Balaban J connectivity index is 1.74. The summed E-state index contributed by atoms with van der Waals surface area (Å²) < 4.78 is 0. The number of nitrogens with one attached hydrogen (secondary N) is 5. The summed E-state index contributed by atoms with van der Waals surface area (Å²) in [7, 11) is 0. The molecule has 3 fully saturated rings. The Hall–Kier alpha value is -5.01. The van der Waals surface area contributed by atoms with Gasteiger partial charge in [-0.25, -0.2) is 0 Å². The molecule has 8 amide bonds. The van der Waals surface area contributed by atoms with E-state index in [-0.39, 0.29) is 62.6 Å². The van der Waals surface area contributed by atoms with Crippen molar-refractivity contribution in [3.63, 3.8) is 0 Å². The van der Waals surface area contributed by atoms with Crippen LogP contribution < -0.4 is 55.3 Å². The number of guanidine groups is 1. The van der Waals surface area contributed by atoms with Crippen LogP contribution in [0.4, 0.5) is 0 Å². The lowest BCUT2D eigenvalue weighted by Gasteiger charge is -2.34. The highest BCUT2D eigenvalue weighted by Crippen LogP contribution is 2.29. The van der Waals surface area contributed by atoms with Crippen LogP contribution in [0.1, 0.15) is 129 Å². The maximum Gasteiger partial charge on any atom is 0.247 e. The van der Waals surface area contributed by atoms with E-state index in [2.05, 4.69) is 31.6 Å². The second-order valence-corrected chi connectivity index (χ2v) is 17.3. The first-order chi connectivity index (χ1) is 29.0. The third-order valence-electron chi connectivity index (χ3n) is 11.9. The van der Waals surface area contributed by atoms with Crippen molar-refractivity contribution in [3.8, 4) is 0 Å². The molecule has 3 rings (SSSR count). The average Bonchev–Trinajstić information content (AvgIpc) is 3.72. The zero-order valence-electron chi connectivity index (χ0n) is 36.1. The van der Waals surface area contributed by atoms with Crippen molar-refractivity contribution >= 4 is 53.2 Å². The topological polar surface area (TPSA) is 342 Å². The minimum atomic E-state index is -1.43. The van der Waals surface area contributed by atoms with Gasteiger partial charge in [-0.2, -0.15) is 0 Å². The number of likely N-dealkylation sites (tertiary alicyclic amines) is 1. The number of amides is 8. The second kappa shape index (κ2) is 25.7. The quantitative estimate of drug-likeness (QED) is 0.0311. The van der Waals surface area contributed by atoms with E-state index >= 15 is 0 Å². The number of nitrogens with two attached hydrogens (primary N) is 5. The van der Waals surface area contributed by atoms with E-state index in [1.54, 1.807) is 0 Å². The van der Waals surface area contributed by atoms with Crippen LogP contribution in [-0.4, -0.2) is 114 Å². The molecule has 344 valence electrons. The average molecular weight is 861 g/mol. The van der Waals surface area contributed by atoms with Gasteiger partial charge in [0.05, 0.1) is 6.42 Å². The minimum absolute atomic E-state index is 0.00893. The van der Waals surface area contributed by atoms with Crippen molar-refractivity contribution < 1.29 is 38.4 Å². The van der Waals surface area contributed by atoms with Crippen LogP contribution in [0.5, 0.6) is 0 Å². The van der Waals surface area contributed by atoms with E-state index in [1.165, 1.54) is 24.2 Å². The molecule has 0 bridgehead atoms. The van der Waals surface area contributed by atoms with Crippen molar-refractivity contribution in [2.24, 2.45) is 51.4 Å². The van der Waals surface area contributed by atoms with Crippen LogP contribution in [0.2, 0.25) is 0 Å². The van der Waals surface area contributed by atoms with Gasteiger partial charge in [0.15, 0.2) is 5.96 Å². The van der Waals surface area contributed by atoms with E-state index < -0.39 is 84.0 Å². The third-order valence-corrected chi connectivity index (χ3v) is 11.9.